The fraction of sp³-hybridized carbons (Fsp3) is 0.333. The molecule has 6 heteroatoms. The summed E-state index contributed by atoms with van der Waals surface area (Å²) in [4.78, 5) is 4.93. The van der Waals surface area contributed by atoms with Crippen LogP contribution in [0.15, 0.2) is 28.0 Å². The number of hydrogen-bond acceptors (Lipinski definition) is 4. The van der Waals surface area contributed by atoms with Crippen molar-refractivity contribution in [2.75, 3.05) is 6.61 Å². The van der Waals surface area contributed by atoms with Gasteiger partial charge < -0.3 is 15.2 Å². The molecule has 1 aromatic rings. The minimum Gasteiger partial charge on any atom is -0.618 e. The van der Waals surface area contributed by atoms with E-state index in [9.17, 15) is 5.21 Å². The van der Waals surface area contributed by atoms with Gasteiger partial charge in [0, 0.05) is 12.5 Å². The van der Waals surface area contributed by atoms with Crippen LogP contribution in [0.1, 0.15) is 12.1 Å². The predicted molar refractivity (Wildman–Crippen MR) is 56.2 cm³/mol. The Bertz CT molecular complexity index is 408. The van der Waals surface area contributed by atoms with Gasteiger partial charge in [0.2, 0.25) is 5.69 Å². The van der Waals surface area contributed by atoms with E-state index in [1.54, 1.807) is 12.1 Å². The van der Waals surface area contributed by atoms with E-state index in [0.717, 1.165) is 4.73 Å². The maximum absolute atomic E-state index is 11.5. The molecule has 1 aliphatic heterocycles. The zero-order chi connectivity index (χ0) is 10.8. The van der Waals surface area contributed by atoms with Gasteiger partial charge in [-0.15, -0.1) is 0 Å². The second-order valence-electron chi connectivity index (χ2n) is 3.21. The monoisotopic (exact) mass is 272 g/mol. The maximum Gasteiger partial charge on any atom is 0.241 e. The lowest BCUT2D eigenvalue weighted by Gasteiger charge is -2.03. The smallest absolute Gasteiger partial charge is 0.241 e. The Hall–Kier alpha value is -1.14. The summed E-state index contributed by atoms with van der Waals surface area (Å²) in [6.07, 6.45) is 1.54. The predicted octanol–water partition coefficient (Wildman–Crippen LogP) is 0.568. The molecule has 0 bridgehead atoms. The van der Waals surface area contributed by atoms with Gasteiger partial charge in [-0.05, 0) is 22.0 Å². The molecule has 1 unspecified atom stereocenters. The van der Waals surface area contributed by atoms with Crippen LogP contribution in [0.3, 0.4) is 0 Å². The summed E-state index contributed by atoms with van der Waals surface area (Å²) in [5, 5.41) is 24.1. The molecule has 0 radical (unpaired) electrons. The topological polar surface area (TPSA) is 68.8 Å². The highest BCUT2D eigenvalue weighted by molar-refractivity contribution is 9.10. The second kappa shape index (κ2) is 4.16. The molecule has 2 rings (SSSR count). The molecule has 2 heterocycles. The molecule has 0 saturated heterocycles. The summed E-state index contributed by atoms with van der Waals surface area (Å²) < 4.78 is 1.44. The molecule has 5 nitrogen and oxygen atoms in total. The number of hydrogen-bond donors (Lipinski definition) is 1. The standard InChI is InChI=1S/C9H9BrN2O3/c10-6-1-2-9(12(14)4-6)8-3-7(5-13)15-11-8/h1-2,4,7,13H,3,5H2. The van der Waals surface area contributed by atoms with Crippen LogP contribution < -0.4 is 4.73 Å². The first-order valence-electron chi connectivity index (χ1n) is 4.43. The van der Waals surface area contributed by atoms with Gasteiger partial charge in [0.15, 0.2) is 18.0 Å². The third kappa shape index (κ3) is 2.10. The molecular weight excluding hydrogens is 264 g/mol. The number of nitrogens with zero attached hydrogens (tertiary/aromatic N) is 2. The van der Waals surface area contributed by atoms with Gasteiger partial charge in [-0.25, -0.2) is 0 Å². The van der Waals surface area contributed by atoms with Crippen LogP contribution in [0.5, 0.6) is 0 Å². The highest BCUT2D eigenvalue weighted by Crippen LogP contribution is 2.15. The zero-order valence-electron chi connectivity index (χ0n) is 7.76. The van der Waals surface area contributed by atoms with Crippen molar-refractivity contribution in [3.63, 3.8) is 0 Å². The van der Waals surface area contributed by atoms with Crippen molar-refractivity contribution < 1.29 is 14.7 Å². The maximum atomic E-state index is 11.5. The molecule has 0 amide bonds. The molecular formula is C9H9BrN2O3. The van der Waals surface area contributed by atoms with Gasteiger partial charge in [-0.2, -0.15) is 4.73 Å². The number of aliphatic hydroxyl groups excluding tert-OH is 1. The van der Waals surface area contributed by atoms with Crippen LogP contribution in [0, 0.1) is 5.21 Å². The first-order valence-corrected chi connectivity index (χ1v) is 5.22. The molecule has 0 aliphatic carbocycles. The molecule has 1 atom stereocenters. The van der Waals surface area contributed by atoms with Crippen molar-refractivity contribution in [2.45, 2.75) is 12.5 Å². The van der Waals surface area contributed by atoms with Gasteiger partial charge in [0.1, 0.15) is 0 Å². The molecule has 0 spiro atoms. The summed E-state index contributed by atoms with van der Waals surface area (Å²) in [5.74, 6) is 0. The van der Waals surface area contributed by atoms with E-state index in [4.69, 9.17) is 9.94 Å². The van der Waals surface area contributed by atoms with Crippen molar-refractivity contribution in [1.82, 2.24) is 0 Å². The van der Waals surface area contributed by atoms with E-state index >= 15 is 0 Å². The van der Waals surface area contributed by atoms with Gasteiger partial charge in [-0.1, -0.05) is 5.16 Å². The van der Waals surface area contributed by atoms with Gasteiger partial charge in [0.05, 0.1) is 11.1 Å². The number of aliphatic hydroxyl groups is 1. The molecule has 0 saturated carbocycles. The van der Waals surface area contributed by atoms with Crippen LogP contribution in [-0.2, 0) is 4.84 Å². The van der Waals surface area contributed by atoms with Crippen LogP contribution in [0.2, 0.25) is 0 Å². The Kier molecular flexibility index (Phi) is 2.88. The number of rotatable bonds is 2. The van der Waals surface area contributed by atoms with Gasteiger partial charge in [0.25, 0.3) is 0 Å². The van der Waals surface area contributed by atoms with Crippen molar-refractivity contribution in [1.29, 1.82) is 0 Å². The lowest BCUT2D eigenvalue weighted by atomic mass is 10.1. The Balaban J connectivity index is 2.24. The highest BCUT2D eigenvalue weighted by Gasteiger charge is 2.26. The van der Waals surface area contributed by atoms with Gasteiger partial charge >= 0.3 is 0 Å². The van der Waals surface area contributed by atoms with Crippen molar-refractivity contribution in [2.24, 2.45) is 5.16 Å². The van der Waals surface area contributed by atoms with E-state index in [0.29, 0.717) is 22.3 Å². The molecule has 1 aromatic heterocycles. The minimum atomic E-state index is -0.330. The van der Waals surface area contributed by atoms with Crippen LogP contribution in [0.4, 0.5) is 0 Å². The molecule has 15 heavy (non-hydrogen) atoms. The Morgan fingerprint density at radius 2 is 2.47 bits per heavy atom. The molecule has 80 valence electrons. The van der Waals surface area contributed by atoms with E-state index in [-0.39, 0.29) is 12.7 Å². The third-order valence-corrected chi connectivity index (χ3v) is 2.58. The number of pyridine rings is 1. The lowest BCUT2D eigenvalue weighted by Crippen LogP contribution is -2.34. The van der Waals surface area contributed by atoms with Crippen molar-refractivity contribution >= 4 is 21.6 Å². The van der Waals surface area contributed by atoms with Crippen LogP contribution in [-0.4, -0.2) is 23.5 Å². The summed E-state index contributed by atoms with van der Waals surface area (Å²) >= 11 is 3.20. The van der Waals surface area contributed by atoms with E-state index < -0.39 is 0 Å². The Morgan fingerprint density at radius 3 is 3.07 bits per heavy atom. The minimum absolute atomic E-state index is 0.0949. The van der Waals surface area contributed by atoms with Crippen LogP contribution >= 0.6 is 15.9 Å². The average molecular weight is 273 g/mol. The fourth-order valence-electron chi connectivity index (χ4n) is 1.36. The first kappa shape index (κ1) is 10.4. The zero-order valence-corrected chi connectivity index (χ0v) is 9.35. The summed E-state index contributed by atoms with van der Waals surface area (Å²) in [6.45, 7) is -0.0949. The first-order chi connectivity index (χ1) is 7.20. The number of aromatic nitrogens is 1. The molecule has 1 aliphatic rings. The Morgan fingerprint density at radius 1 is 1.67 bits per heavy atom. The second-order valence-corrected chi connectivity index (χ2v) is 4.13. The SMILES string of the molecule is [O-][n+]1cc(Br)ccc1C1=NOC(CO)C1. The van der Waals surface area contributed by atoms with E-state index in [1.807, 2.05) is 0 Å². The molecule has 1 N–H and O–H groups in total. The lowest BCUT2D eigenvalue weighted by molar-refractivity contribution is -0.607. The Labute approximate surface area is 94.7 Å². The van der Waals surface area contributed by atoms with Crippen LogP contribution in [0.25, 0.3) is 0 Å². The average Bonchev–Trinajstić information content (AvgIpc) is 2.66. The van der Waals surface area contributed by atoms with E-state index in [1.165, 1.54) is 6.20 Å². The normalized spacial score (nSPS) is 19.9. The van der Waals surface area contributed by atoms with Crippen molar-refractivity contribution in [3.8, 4) is 0 Å². The highest BCUT2D eigenvalue weighted by atomic mass is 79.9. The number of oxime groups is 1. The summed E-state index contributed by atoms with van der Waals surface area (Å²) in [6, 6.07) is 3.43. The fourth-order valence-corrected chi connectivity index (χ4v) is 1.68. The van der Waals surface area contributed by atoms with Gasteiger partial charge in [-0.3, -0.25) is 0 Å². The summed E-state index contributed by atoms with van der Waals surface area (Å²) in [5.41, 5.74) is 1.02. The molecule has 0 fully saturated rings. The van der Waals surface area contributed by atoms with Crippen molar-refractivity contribution in [3.05, 3.63) is 33.7 Å². The number of halogens is 1. The third-order valence-electron chi connectivity index (χ3n) is 2.11. The largest absolute Gasteiger partial charge is 0.618 e. The summed E-state index contributed by atoms with van der Waals surface area (Å²) in [7, 11) is 0. The van der Waals surface area contributed by atoms with E-state index in [2.05, 4.69) is 21.1 Å². The quantitative estimate of drug-likeness (QED) is 0.632. The molecule has 0 aromatic carbocycles.